The quantitative estimate of drug-likeness (QED) is 0.179. The molecule has 0 fully saturated rings. The standard InChI is InChI=1S/C48H35N3/c1-48(2)43-19-10-9-18-41(43)42-29-28-39(31-44(42)48)38-16-11-17-40(30-38)47-50-45(36-24-20-34(21-25-36)32-12-5-3-6-13-32)49-46(51-47)37-26-22-35(23-27-37)33-14-7-4-8-15-33/h3-31H,1-2H3. The summed E-state index contributed by atoms with van der Waals surface area (Å²) in [5.41, 5.74) is 15.1. The van der Waals surface area contributed by atoms with Crippen molar-refractivity contribution in [3.63, 3.8) is 0 Å². The summed E-state index contributed by atoms with van der Waals surface area (Å²) in [7, 11) is 0. The summed E-state index contributed by atoms with van der Waals surface area (Å²) in [6.45, 7) is 4.65. The predicted molar refractivity (Wildman–Crippen MR) is 210 cm³/mol. The van der Waals surface area contributed by atoms with Gasteiger partial charge in [0.2, 0.25) is 0 Å². The van der Waals surface area contributed by atoms with Crippen molar-refractivity contribution in [1.29, 1.82) is 0 Å². The molecule has 0 radical (unpaired) electrons. The number of fused-ring (bicyclic) bond motifs is 3. The van der Waals surface area contributed by atoms with Crippen LogP contribution in [-0.2, 0) is 5.41 Å². The van der Waals surface area contributed by atoms with Gasteiger partial charge in [-0.05, 0) is 67.8 Å². The largest absolute Gasteiger partial charge is 0.208 e. The van der Waals surface area contributed by atoms with E-state index in [1.807, 2.05) is 12.1 Å². The van der Waals surface area contributed by atoms with Crippen LogP contribution < -0.4 is 0 Å². The van der Waals surface area contributed by atoms with Crippen LogP contribution in [0.4, 0.5) is 0 Å². The molecule has 0 unspecified atom stereocenters. The Morgan fingerprint density at radius 3 is 1.27 bits per heavy atom. The molecule has 1 aromatic heterocycles. The molecule has 0 bridgehead atoms. The molecule has 0 saturated heterocycles. The van der Waals surface area contributed by atoms with Crippen molar-refractivity contribution in [2.75, 3.05) is 0 Å². The van der Waals surface area contributed by atoms with Gasteiger partial charge in [0.15, 0.2) is 17.5 Å². The topological polar surface area (TPSA) is 38.7 Å². The Morgan fingerprint density at radius 2 is 0.686 bits per heavy atom. The minimum atomic E-state index is -0.0658. The molecule has 242 valence electrons. The maximum atomic E-state index is 5.09. The molecule has 1 heterocycles. The first kappa shape index (κ1) is 30.6. The third-order valence-corrected chi connectivity index (χ3v) is 10.2. The fourth-order valence-electron chi connectivity index (χ4n) is 7.37. The Labute approximate surface area is 299 Å². The van der Waals surface area contributed by atoms with Crippen molar-refractivity contribution in [1.82, 2.24) is 15.0 Å². The normalized spacial score (nSPS) is 12.7. The van der Waals surface area contributed by atoms with Gasteiger partial charge in [0.25, 0.3) is 0 Å². The molecule has 0 N–H and O–H groups in total. The van der Waals surface area contributed by atoms with Crippen molar-refractivity contribution in [3.05, 3.63) is 187 Å². The summed E-state index contributed by atoms with van der Waals surface area (Å²) in [6, 6.07) is 62.0. The Hall–Kier alpha value is -6.45. The number of hydrogen-bond acceptors (Lipinski definition) is 3. The number of nitrogens with zero attached hydrogens (tertiary/aromatic N) is 3. The van der Waals surface area contributed by atoms with E-state index in [9.17, 15) is 0 Å². The van der Waals surface area contributed by atoms with Gasteiger partial charge in [0, 0.05) is 22.1 Å². The van der Waals surface area contributed by atoms with E-state index in [4.69, 9.17) is 15.0 Å². The lowest BCUT2D eigenvalue weighted by Gasteiger charge is -2.22. The molecule has 8 aromatic rings. The monoisotopic (exact) mass is 653 g/mol. The van der Waals surface area contributed by atoms with Gasteiger partial charge >= 0.3 is 0 Å². The maximum Gasteiger partial charge on any atom is 0.164 e. The molecule has 0 amide bonds. The van der Waals surface area contributed by atoms with Gasteiger partial charge in [-0.2, -0.15) is 0 Å². The summed E-state index contributed by atoms with van der Waals surface area (Å²) in [4.78, 5) is 15.2. The van der Waals surface area contributed by atoms with Crippen molar-refractivity contribution in [3.8, 4) is 78.7 Å². The summed E-state index contributed by atoms with van der Waals surface area (Å²) in [5.74, 6) is 1.93. The summed E-state index contributed by atoms with van der Waals surface area (Å²) in [5, 5.41) is 0. The third kappa shape index (κ3) is 5.63. The molecule has 9 rings (SSSR count). The van der Waals surface area contributed by atoms with Crippen LogP contribution in [0.25, 0.3) is 78.7 Å². The molecule has 7 aromatic carbocycles. The zero-order chi connectivity index (χ0) is 34.4. The van der Waals surface area contributed by atoms with E-state index in [1.165, 1.54) is 38.9 Å². The Bertz CT molecular complexity index is 2420. The fraction of sp³-hybridized carbons (Fsp3) is 0.0625. The number of hydrogen-bond donors (Lipinski definition) is 0. The van der Waals surface area contributed by atoms with Gasteiger partial charge in [-0.15, -0.1) is 0 Å². The summed E-state index contributed by atoms with van der Waals surface area (Å²) >= 11 is 0. The van der Waals surface area contributed by atoms with Crippen molar-refractivity contribution in [2.24, 2.45) is 0 Å². The Morgan fingerprint density at radius 1 is 0.294 bits per heavy atom. The molecular formula is C48H35N3. The first-order chi connectivity index (χ1) is 25.0. The Kier molecular flexibility index (Phi) is 7.48. The van der Waals surface area contributed by atoms with E-state index in [2.05, 4.69) is 178 Å². The van der Waals surface area contributed by atoms with E-state index >= 15 is 0 Å². The first-order valence-corrected chi connectivity index (χ1v) is 17.4. The van der Waals surface area contributed by atoms with Crippen LogP contribution in [0.3, 0.4) is 0 Å². The van der Waals surface area contributed by atoms with Crippen molar-refractivity contribution >= 4 is 0 Å². The smallest absolute Gasteiger partial charge is 0.164 e. The molecule has 51 heavy (non-hydrogen) atoms. The fourth-order valence-corrected chi connectivity index (χ4v) is 7.37. The molecule has 1 aliphatic rings. The van der Waals surface area contributed by atoms with Crippen LogP contribution in [0.5, 0.6) is 0 Å². The lowest BCUT2D eigenvalue weighted by atomic mass is 9.81. The molecule has 0 saturated carbocycles. The minimum absolute atomic E-state index is 0.0658. The lowest BCUT2D eigenvalue weighted by molar-refractivity contribution is 0.660. The van der Waals surface area contributed by atoms with E-state index in [-0.39, 0.29) is 5.41 Å². The van der Waals surface area contributed by atoms with Gasteiger partial charge in [0.1, 0.15) is 0 Å². The van der Waals surface area contributed by atoms with E-state index in [1.54, 1.807) is 0 Å². The second kappa shape index (κ2) is 12.5. The SMILES string of the molecule is CC1(C)c2ccccc2-c2ccc(-c3cccc(-c4nc(-c5ccc(-c6ccccc6)cc5)nc(-c5ccc(-c6ccccc6)cc5)n4)c3)cc21. The summed E-state index contributed by atoms with van der Waals surface area (Å²) < 4.78 is 0. The van der Waals surface area contributed by atoms with Crippen LogP contribution in [0.15, 0.2) is 176 Å². The first-order valence-electron chi connectivity index (χ1n) is 17.4. The zero-order valence-electron chi connectivity index (χ0n) is 28.6. The highest BCUT2D eigenvalue weighted by atomic mass is 15.0. The lowest BCUT2D eigenvalue weighted by Crippen LogP contribution is -2.14. The van der Waals surface area contributed by atoms with Crippen LogP contribution in [0.1, 0.15) is 25.0 Å². The zero-order valence-corrected chi connectivity index (χ0v) is 28.6. The van der Waals surface area contributed by atoms with Crippen LogP contribution >= 0.6 is 0 Å². The minimum Gasteiger partial charge on any atom is -0.208 e. The maximum absolute atomic E-state index is 5.09. The second-order valence-corrected chi connectivity index (χ2v) is 13.7. The average Bonchev–Trinajstić information content (AvgIpc) is 3.44. The van der Waals surface area contributed by atoms with Crippen LogP contribution in [0, 0.1) is 0 Å². The second-order valence-electron chi connectivity index (χ2n) is 13.7. The molecule has 0 atom stereocenters. The molecule has 3 nitrogen and oxygen atoms in total. The van der Waals surface area contributed by atoms with Gasteiger partial charge < -0.3 is 0 Å². The van der Waals surface area contributed by atoms with Gasteiger partial charge in [-0.3, -0.25) is 0 Å². The number of aromatic nitrogens is 3. The van der Waals surface area contributed by atoms with Gasteiger partial charge in [-0.1, -0.05) is 178 Å². The van der Waals surface area contributed by atoms with E-state index < -0.39 is 0 Å². The van der Waals surface area contributed by atoms with Crippen molar-refractivity contribution < 1.29 is 0 Å². The highest BCUT2D eigenvalue weighted by molar-refractivity contribution is 5.84. The van der Waals surface area contributed by atoms with E-state index in [0.29, 0.717) is 17.5 Å². The third-order valence-electron chi connectivity index (χ3n) is 10.2. The summed E-state index contributed by atoms with van der Waals surface area (Å²) in [6.07, 6.45) is 0. The molecular weight excluding hydrogens is 619 g/mol. The average molecular weight is 654 g/mol. The number of rotatable bonds is 6. The number of benzene rings is 7. The van der Waals surface area contributed by atoms with Gasteiger partial charge in [0.05, 0.1) is 0 Å². The molecule has 0 aliphatic heterocycles. The van der Waals surface area contributed by atoms with Gasteiger partial charge in [-0.25, -0.2) is 15.0 Å². The Balaban J connectivity index is 1.12. The van der Waals surface area contributed by atoms with Crippen LogP contribution in [0.2, 0.25) is 0 Å². The highest BCUT2D eigenvalue weighted by Gasteiger charge is 2.35. The van der Waals surface area contributed by atoms with Crippen molar-refractivity contribution in [2.45, 2.75) is 19.3 Å². The predicted octanol–water partition coefficient (Wildman–Crippen LogP) is 12.2. The molecule has 1 aliphatic carbocycles. The molecule has 0 spiro atoms. The van der Waals surface area contributed by atoms with E-state index in [0.717, 1.165) is 33.4 Å². The highest BCUT2D eigenvalue weighted by Crippen LogP contribution is 2.49. The van der Waals surface area contributed by atoms with Crippen LogP contribution in [-0.4, -0.2) is 15.0 Å². The molecule has 3 heteroatoms.